The largest absolute Gasteiger partial charge is 0.313 e. The van der Waals surface area contributed by atoms with Gasteiger partial charge in [0, 0.05) is 6.04 Å². The molecular formula is C18H27N. The zero-order valence-electron chi connectivity index (χ0n) is 12.6. The molecule has 0 spiro atoms. The van der Waals surface area contributed by atoms with E-state index in [4.69, 9.17) is 0 Å². The summed E-state index contributed by atoms with van der Waals surface area (Å²) in [6.45, 7) is 8.61. The van der Waals surface area contributed by atoms with Crippen molar-refractivity contribution in [2.75, 3.05) is 6.54 Å². The predicted octanol–water partition coefficient (Wildman–Crippen LogP) is 4.03. The van der Waals surface area contributed by atoms with Gasteiger partial charge in [-0.1, -0.05) is 51.1 Å². The molecule has 1 aromatic rings. The Hall–Kier alpha value is -0.820. The number of hydrogen-bond acceptors (Lipinski definition) is 1. The molecule has 1 N–H and O–H groups in total. The van der Waals surface area contributed by atoms with Gasteiger partial charge in [-0.15, -0.1) is 0 Å². The predicted molar refractivity (Wildman–Crippen MR) is 81.2 cm³/mol. The molecule has 3 rings (SSSR count). The molecule has 0 aromatic heterocycles. The van der Waals surface area contributed by atoms with Crippen LogP contribution >= 0.6 is 0 Å². The van der Waals surface area contributed by atoms with Crippen molar-refractivity contribution in [3.8, 4) is 0 Å². The van der Waals surface area contributed by atoms with E-state index in [2.05, 4.69) is 56.4 Å². The van der Waals surface area contributed by atoms with Gasteiger partial charge in [-0.05, 0) is 54.5 Å². The van der Waals surface area contributed by atoms with Crippen LogP contribution in [0.1, 0.15) is 45.6 Å². The second-order valence-corrected chi connectivity index (χ2v) is 7.35. The Labute approximate surface area is 117 Å². The van der Waals surface area contributed by atoms with Gasteiger partial charge in [0.15, 0.2) is 0 Å². The normalized spacial score (nSPS) is 35.7. The van der Waals surface area contributed by atoms with Crippen molar-refractivity contribution in [2.24, 2.45) is 16.7 Å². The molecule has 104 valence electrons. The van der Waals surface area contributed by atoms with Crippen LogP contribution in [0.5, 0.6) is 0 Å². The van der Waals surface area contributed by atoms with E-state index in [0.29, 0.717) is 10.8 Å². The molecular weight excluding hydrogens is 230 g/mol. The van der Waals surface area contributed by atoms with Crippen molar-refractivity contribution in [1.29, 1.82) is 0 Å². The summed E-state index contributed by atoms with van der Waals surface area (Å²) in [7, 11) is 0. The van der Waals surface area contributed by atoms with Crippen molar-refractivity contribution in [3.05, 3.63) is 35.9 Å². The molecule has 0 saturated heterocycles. The lowest BCUT2D eigenvalue weighted by molar-refractivity contribution is 0.121. The summed E-state index contributed by atoms with van der Waals surface area (Å²) in [5, 5.41) is 3.86. The average Bonchev–Trinajstić information content (AvgIpc) is 2.73. The molecule has 0 heterocycles. The smallest absolute Gasteiger partial charge is 0.0129 e. The van der Waals surface area contributed by atoms with Crippen molar-refractivity contribution < 1.29 is 0 Å². The van der Waals surface area contributed by atoms with Crippen molar-refractivity contribution >= 4 is 0 Å². The highest BCUT2D eigenvalue weighted by Gasteiger charge is 2.60. The first-order chi connectivity index (χ1) is 9.04. The van der Waals surface area contributed by atoms with E-state index in [1.165, 1.54) is 24.8 Å². The van der Waals surface area contributed by atoms with Crippen molar-refractivity contribution in [1.82, 2.24) is 5.32 Å². The zero-order valence-corrected chi connectivity index (χ0v) is 12.6. The van der Waals surface area contributed by atoms with Crippen LogP contribution in [0.2, 0.25) is 0 Å². The van der Waals surface area contributed by atoms with E-state index < -0.39 is 0 Å². The Bertz CT molecular complexity index is 436. The Morgan fingerprint density at radius 2 is 1.89 bits per heavy atom. The second kappa shape index (κ2) is 4.63. The van der Waals surface area contributed by atoms with Crippen LogP contribution in [0.4, 0.5) is 0 Å². The van der Waals surface area contributed by atoms with E-state index in [-0.39, 0.29) is 0 Å². The van der Waals surface area contributed by atoms with E-state index >= 15 is 0 Å². The maximum atomic E-state index is 3.86. The number of rotatable bonds is 4. The van der Waals surface area contributed by atoms with Crippen LogP contribution in [0.15, 0.2) is 30.3 Å². The Kier molecular flexibility index (Phi) is 3.21. The molecule has 3 unspecified atom stereocenters. The topological polar surface area (TPSA) is 12.0 Å². The van der Waals surface area contributed by atoms with E-state index in [9.17, 15) is 0 Å². The summed E-state index contributed by atoms with van der Waals surface area (Å²) >= 11 is 0. The Morgan fingerprint density at radius 1 is 1.16 bits per heavy atom. The lowest BCUT2D eigenvalue weighted by atomic mass is 9.69. The van der Waals surface area contributed by atoms with Gasteiger partial charge in [-0.2, -0.15) is 0 Å². The molecule has 19 heavy (non-hydrogen) atoms. The summed E-state index contributed by atoms with van der Waals surface area (Å²) in [5.41, 5.74) is 2.48. The van der Waals surface area contributed by atoms with Crippen LogP contribution in [-0.4, -0.2) is 12.6 Å². The molecule has 2 saturated carbocycles. The summed E-state index contributed by atoms with van der Waals surface area (Å²) in [4.78, 5) is 0. The minimum atomic E-state index is 0.508. The van der Waals surface area contributed by atoms with Crippen LogP contribution in [0.25, 0.3) is 0 Å². The molecule has 1 nitrogen and oxygen atoms in total. The summed E-state index contributed by atoms with van der Waals surface area (Å²) in [6, 6.07) is 11.6. The van der Waals surface area contributed by atoms with Gasteiger partial charge in [-0.3, -0.25) is 0 Å². The molecule has 0 radical (unpaired) electrons. The molecule has 0 aliphatic heterocycles. The fourth-order valence-electron chi connectivity index (χ4n) is 4.55. The molecule has 1 aromatic carbocycles. The highest BCUT2D eigenvalue weighted by atomic mass is 15.0. The fourth-order valence-corrected chi connectivity index (χ4v) is 4.55. The first-order valence-electron chi connectivity index (χ1n) is 7.81. The standard InChI is InChI=1S/C18H27N/c1-17(2)15-9-11-18(17,3)16(13-15)19-12-10-14-7-5-4-6-8-14/h4-8,15-16,19H,9-13H2,1-3H3. The average molecular weight is 257 g/mol. The quantitative estimate of drug-likeness (QED) is 0.858. The second-order valence-electron chi connectivity index (χ2n) is 7.35. The monoisotopic (exact) mass is 257 g/mol. The number of hydrogen-bond donors (Lipinski definition) is 1. The van der Waals surface area contributed by atoms with Crippen LogP contribution in [0.3, 0.4) is 0 Å². The summed E-state index contributed by atoms with van der Waals surface area (Å²) in [6.07, 6.45) is 5.39. The third-order valence-corrected chi connectivity index (χ3v) is 6.44. The van der Waals surface area contributed by atoms with Gasteiger partial charge in [0.1, 0.15) is 0 Å². The molecule has 2 bridgehead atoms. The first-order valence-corrected chi connectivity index (χ1v) is 7.81. The lowest BCUT2D eigenvalue weighted by Crippen LogP contribution is -2.45. The van der Waals surface area contributed by atoms with Gasteiger partial charge in [0.05, 0.1) is 0 Å². The number of fused-ring (bicyclic) bond motifs is 2. The first kappa shape index (κ1) is 13.2. The number of nitrogens with one attached hydrogen (secondary N) is 1. The zero-order chi connectivity index (χ0) is 13.5. The van der Waals surface area contributed by atoms with E-state index in [0.717, 1.165) is 24.9 Å². The van der Waals surface area contributed by atoms with Gasteiger partial charge in [-0.25, -0.2) is 0 Å². The maximum Gasteiger partial charge on any atom is 0.0129 e. The molecule has 0 amide bonds. The summed E-state index contributed by atoms with van der Waals surface area (Å²) < 4.78 is 0. The van der Waals surface area contributed by atoms with Gasteiger partial charge in [0.25, 0.3) is 0 Å². The fraction of sp³-hybridized carbons (Fsp3) is 0.667. The van der Waals surface area contributed by atoms with Crippen LogP contribution in [-0.2, 0) is 6.42 Å². The van der Waals surface area contributed by atoms with E-state index in [1.54, 1.807) is 0 Å². The minimum Gasteiger partial charge on any atom is -0.313 e. The molecule has 3 atom stereocenters. The third-order valence-electron chi connectivity index (χ3n) is 6.44. The molecule has 2 fully saturated rings. The molecule has 2 aliphatic carbocycles. The summed E-state index contributed by atoms with van der Waals surface area (Å²) in [5.74, 6) is 0.937. The lowest BCUT2D eigenvalue weighted by Gasteiger charge is -2.39. The molecule has 2 aliphatic rings. The minimum absolute atomic E-state index is 0.508. The van der Waals surface area contributed by atoms with Gasteiger partial charge >= 0.3 is 0 Å². The van der Waals surface area contributed by atoms with Crippen molar-refractivity contribution in [2.45, 2.75) is 52.5 Å². The SMILES string of the molecule is CC1(C)C2CCC1(C)C(NCCc1ccccc1)C2. The number of benzene rings is 1. The van der Waals surface area contributed by atoms with E-state index in [1.807, 2.05) is 0 Å². The van der Waals surface area contributed by atoms with Gasteiger partial charge in [0.2, 0.25) is 0 Å². The Morgan fingerprint density at radius 3 is 2.47 bits per heavy atom. The van der Waals surface area contributed by atoms with Crippen LogP contribution < -0.4 is 5.32 Å². The van der Waals surface area contributed by atoms with Crippen LogP contribution in [0, 0.1) is 16.7 Å². The van der Waals surface area contributed by atoms with Crippen molar-refractivity contribution in [3.63, 3.8) is 0 Å². The Balaban J connectivity index is 1.58. The maximum absolute atomic E-state index is 3.86. The highest BCUT2D eigenvalue weighted by molar-refractivity contribution is 5.16. The third kappa shape index (κ3) is 2.03. The van der Waals surface area contributed by atoms with Gasteiger partial charge < -0.3 is 5.32 Å². The highest BCUT2D eigenvalue weighted by Crippen LogP contribution is 2.65. The molecule has 1 heteroatoms.